The van der Waals surface area contributed by atoms with Crippen molar-refractivity contribution in [3.05, 3.63) is 35.9 Å². The second-order valence-electron chi connectivity index (χ2n) is 8.08. The van der Waals surface area contributed by atoms with Gasteiger partial charge in [0.05, 0.1) is 0 Å². The Morgan fingerprint density at radius 3 is 2.32 bits per heavy atom. The lowest BCUT2D eigenvalue weighted by molar-refractivity contribution is -0.104. The third-order valence-corrected chi connectivity index (χ3v) is 8.47. The van der Waals surface area contributed by atoms with Crippen molar-refractivity contribution in [2.24, 2.45) is 28.1 Å². The summed E-state index contributed by atoms with van der Waals surface area (Å²) in [7, 11) is 0. The molecule has 0 N–H and O–H groups in total. The van der Waals surface area contributed by atoms with E-state index in [1.165, 1.54) is 32.1 Å². The third kappa shape index (κ3) is 0.833. The summed E-state index contributed by atoms with van der Waals surface area (Å²) < 4.78 is 0. The van der Waals surface area contributed by atoms with Crippen LogP contribution in [0, 0.1) is 28.1 Å². The Labute approximate surface area is 116 Å². The number of hydrogen-bond donors (Lipinski definition) is 0. The van der Waals surface area contributed by atoms with Crippen molar-refractivity contribution in [2.75, 3.05) is 0 Å². The highest BCUT2D eigenvalue weighted by atomic mass is 15.0. The molecule has 5 rings (SSSR count). The van der Waals surface area contributed by atoms with E-state index in [9.17, 15) is 0 Å². The standard InChI is InChI=1S/C19H24/c1-17-15-12-14(13-8-4-3-5-9-13)16(15)18(17,2)19(17)10-6-7-11-19/h3-5,8-9,14-16H,6-7,10-12H2,1-2H3/t14-,15-,16+,17+,18-/m1/s1. The first kappa shape index (κ1) is 10.9. The smallest absolute Gasteiger partial charge is 0.0122 e. The average Bonchev–Trinajstić information content (AvgIpc) is 2.81. The summed E-state index contributed by atoms with van der Waals surface area (Å²) in [6.45, 7) is 5.29. The van der Waals surface area contributed by atoms with Crippen molar-refractivity contribution < 1.29 is 0 Å². The van der Waals surface area contributed by atoms with Gasteiger partial charge in [0.15, 0.2) is 0 Å². The Morgan fingerprint density at radius 1 is 0.947 bits per heavy atom. The van der Waals surface area contributed by atoms with Crippen molar-refractivity contribution >= 4 is 0 Å². The largest absolute Gasteiger partial charge is 0.0622 e. The normalized spacial score (nSPS) is 52.0. The molecule has 0 heterocycles. The Morgan fingerprint density at radius 2 is 1.63 bits per heavy atom. The predicted octanol–water partition coefficient (Wildman–Crippen LogP) is 5.01. The van der Waals surface area contributed by atoms with Crippen molar-refractivity contribution in [3.8, 4) is 0 Å². The van der Waals surface area contributed by atoms with Crippen LogP contribution in [-0.2, 0) is 0 Å². The number of benzene rings is 1. The van der Waals surface area contributed by atoms with Gasteiger partial charge in [0, 0.05) is 0 Å². The van der Waals surface area contributed by atoms with Crippen LogP contribution in [0.15, 0.2) is 30.3 Å². The van der Waals surface area contributed by atoms with E-state index in [0.717, 1.165) is 28.6 Å². The van der Waals surface area contributed by atoms with Crippen LogP contribution in [0.3, 0.4) is 0 Å². The molecule has 0 aliphatic heterocycles. The minimum atomic E-state index is 0.694. The lowest BCUT2D eigenvalue weighted by Gasteiger charge is -2.61. The minimum Gasteiger partial charge on any atom is -0.0622 e. The van der Waals surface area contributed by atoms with Crippen molar-refractivity contribution in [1.82, 2.24) is 0 Å². The second kappa shape index (κ2) is 2.95. The average molecular weight is 252 g/mol. The zero-order chi connectivity index (χ0) is 12.9. The van der Waals surface area contributed by atoms with Gasteiger partial charge >= 0.3 is 0 Å². The molecule has 5 atom stereocenters. The van der Waals surface area contributed by atoms with E-state index in [0.29, 0.717) is 5.41 Å². The molecule has 0 heteroatoms. The Balaban J connectivity index is 1.52. The topological polar surface area (TPSA) is 0 Å². The molecule has 0 nitrogen and oxygen atoms in total. The molecule has 0 amide bonds. The Kier molecular flexibility index (Phi) is 1.70. The van der Waals surface area contributed by atoms with Crippen LogP contribution in [0.2, 0.25) is 0 Å². The SMILES string of the molecule is C[C@@]12[C@H]3[C@@H](c4ccccc4)C[C@H]3[C@]1(C)C21CCCC1. The summed E-state index contributed by atoms with van der Waals surface area (Å²) in [5, 5.41) is 0. The Bertz CT molecular complexity index is 538. The fraction of sp³-hybridized carbons (Fsp3) is 0.684. The molecule has 1 spiro atoms. The molecule has 1 aromatic carbocycles. The second-order valence-corrected chi connectivity index (χ2v) is 8.08. The molecule has 4 fully saturated rings. The number of hydrogen-bond acceptors (Lipinski definition) is 0. The van der Waals surface area contributed by atoms with Gasteiger partial charge in [0.25, 0.3) is 0 Å². The molecular formula is C19H24. The van der Waals surface area contributed by atoms with Gasteiger partial charge in [-0.3, -0.25) is 0 Å². The predicted molar refractivity (Wildman–Crippen MR) is 77.9 cm³/mol. The van der Waals surface area contributed by atoms with E-state index in [1.54, 1.807) is 5.56 Å². The molecular weight excluding hydrogens is 228 g/mol. The lowest BCUT2D eigenvalue weighted by atomic mass is 9.42. The highest BCUT2D eigenvalue weighted by molar-refractivity contribution is 5.46. The van der Waals surface area contributed by atoms with Gasteiger partial charge in [-0.25, -0.2) is 0 Å². The van der Waals surface area contributed by atoms with Crippen molar-refractivity contribution in [2.45, 2.75) is 51.9 Å². The first-order chi connectivity index (χ1) is 9.17. The molecule has 4 aliphatic rings. The maximum absolute atomic E-state index is 2.65. The van der Waals surface area contributed by atoms with Crippen LogP contribution in [-0.4, -0.2) is 0 Å². The summed E-state index contributed by atoms with van der Waals surface area (Å²) in [4.78, 5) is 0. The first-order valence-electron chi connectivity index (χ1n) is 8.22. The third-order valence-electron chi connectivity index (χ3n) is 8.47. The zero-order valence-corrected chi connectivity index (χ0v) is 12.2. The van der Waals surface area contributed by atoms with Gasteiger partial charge in [0.2, 0.25) is 0 Å². The van der Waals surface area contributed by atoms with Crippen LogP contribution in [0.5, 0.6) is 0 Å². The van der Waals surface area contributed by atoms with Crippen LogP contribution in [0.25, 0.3) is 0 Å². The highest BCUT2D eigenvalue weighted by Crippen LogP contribution is 3.01. The van der Waals surface area contributed by atoms with E-state index in [4.69, 9.17) is 0 Å². The van der Waals surface area contributed by atoms with E-state index in [-0.39, 0.29) is 0 Å². The number of fused-ring (bicyclic) bond motifs is 6. The molecule has 0 saturated heterocycles. The monoisotopic (exact) mass is 252 g/mol. The van der Waals surface area contributed by atoms with Crippen LogP contribution < -0.4 is 0 Å². The first-order valence-corrected chi connectivity index (χ1v) is 8.22. The lowest BCUT2D eigenvalue weighted by Crippen LogP contribution is -2.55. The summed E-state index contributed by atoms with van der Waals surface area (Å²) in [6, 6.07) is 11.3. The van der Waals surface area contributed by atoms with E-state index in [1.807, 2.05) is 0 Å². The van der Waals surface area contributed by atoms with Crippen LogP contribution in [0.4, 0.5) is 0 Å². The minimum absolute atomic E-state index is 0.694. The molecule has 0 aromatic heterocycles. The van der Waals surface area contributed by atoms with Crippen LogP contribution in [0.1, 0.15) is 57.4 Å². The zero-order valence-electron chi connectivity index (χ0n) is 12.2. The van der Waals surface area contributed by atoms with E-state index in [2.05, 4.69) is 44.2 Å². The Hall–Kier alpha value is -0.780. The van der Waals surface area contributed by atoms with Crippen molar-refractivity contribution in [1.29, 1.82) is 0 Å². The van der Waals surface area contributed by atoms with Crippen LogP contribution >= 0.6 is 0 Å². The van der Waals surface area contributed by atoms with Gasteiger partial charge in [-0.15, -0.1) is 0 Å². The molecule has 1 aromatic rings. The summed E-state index contributed by atoms with van der Waals surface area (Å²) in [5.41, 5.74) is 3.80. The molecule has 19 heavy (non-hydrogen) atoms. The molecule has 0 unspecified atom stereocenters. The summed E-state index contributed by atoms with van der Waals surface area (Å²) >= 11 is 0. The highest BCUT2D eigenvalue weighted by Gasteiger charge is 2.96. The van der Waals surface area contributed by atoms with Gasteiger partial charge in [0.1, 0.15) is 0 Å². The molecule has 4 saturated carbocycles. The van der Waals surface area contributed by atoms with Gasteiger partial charge < -0.3 is 0 Å². The molecule has 0 bridgehead atoms. The fourth-order valence-electron chi connectivity index (χ4n) is 7.58. The van der Waals surface area contributed by atoms with Crippen molar-refractivity contribution in [3.63, 3.8) is 0 Å². The van der Waals surface area contributed by atoms with Gasteiger partial charge in [-0.2, -0.15) is 0 Å². The molecule has 0 radical (unpaired) electrons. The summed E-state index contributed by atoms with van der Waals surface area (Å²) in [5.74, 6) is 2.95. The molecule has 100 valence electrons. The fourth-order valence-corrected chi connectivity index (χ4v) is 7.58. The van der Waals surface area contributed by atoms with E-state index < -0.39 is 0 Å². The van der Waals surface area contributed by atoms with Gasteiger partial charge in [-0.05, 0) is 58.8 Å². The maximum Gasteiger partial charge on any atom is -0.0122 e. The van der Waals surface area contributed by atoms with Gasteiger partial charge in [-0.1, -0.05) is 57.0 Å². The molecule has 4 aliphatic carbocycles. The van der Waals surface area contributed by atoms with E-state index >= 15 is 0 Å². The maximum atomic E-state index is 2.65. The quantitative estimate of drug-likeness (QED) is 0.659. The number of rotatable bonds is 1. The summed E-state index contributed by atoms with van der Waals surface area (Å²) in [6.07, 6.45) is 7.55.